The molecule has 0 aliphatic carbocycles. The molecule has 0 saturated heterocycles. The van der Waals surface area contributed by atoms with E-state index in [2.05, 4.69) is 28.9 Å². The minimum absolute atomic E-state index is 0.132. The van der Waals surface area contributed by atoms with Gasteiger partial charge in [-0.05, 0) is 36.8 Å². The van der Waals surface area contributed by atoms with Crippen molar-refractivity contribution < 1.29 is 4.79 Å². The van der Waals surface area contributed by atoms with Crippen molar-refractivity contribution in [3.63, 3.8) is 0 Å². The summed E-state index contributed by atoms with van der Waals surface area (Å²) in [5.41, 5.74) is 2.69. The first-order valence-corrected chi connectivity index (χ1v) is 14.5. The number of nitrogens with zero attached hydrogens (tertiary/aromatic N) is 2. The van der Waals surface area contributed by atoms with Crippen molar-refractivity contribution in [2.45, 2.75) is 110 Å². The van der Waals surface area contributed by atoms with Gasteiger partial charge in [-0.1, -0.05) is 120 Å². The first-order valence-electron chi connectivity index (χ1n) is 14.2. The van der Waals surface area contributed by atoms with Gasteiger partial charge in [-0.3, -0.25) is 4.79 Å². The Morgan fingerprint density at radius 3 is 2.06 bits per heavy atom. The Bertz CT molecular complexity index is 1050. The Kier molecular flexibility index (Phi) is 12.9. The Morgan fingerprint density at radius 2 is 1.42 bits per heavy atom. The normalized spacial score (nSPS) is 11.3. The highest BCUT2D eigenvalue weighted by atomic mass is 35.5. The van der Waals surface area contributed by atoms with E-state index < -0.39 is 0 Å². The molecular formula is C31H44ClN3O. The number of halogens is 1. The summed E-state index contributed by atoms with van der Waals surface area (Å²) in [6.45, 7) is 3.61. The lowest BCUT2D eigenvalue weighted by molar-refractivity contribution is 0.0949. The molecule has 0 spiro atoms. The van der Waals surface area contributed by atoms with Gasteiger partial charge in [0.2, 0.25) is 0 Å². The number of benzene rings is 2. The maximum absolute atomic E-state index is 12.6. The number of rotatable bonds is 18. The lowest BCUT2D eigenvalue weighted by Gasteiger charge is -2.11. The summed E-state index contributed by atoms with van der Waals surface area (Å²) in [7, 11) is 0. The smallest absolute Gasteiger partial charge is 0.251 e. The summed E-state index contributed by atoms with van der Waals surface area (Å²) in [4.78, 5) is 17.4. The molecule has 1 amide bonds. The van der Waals surface area contributed by atoms with Crippen LogP contribution in [-0.2, 0) is 13.1 Å². The third kappa shape index (κ3) is 9.61. The molecule has 0 aliphatic heterocycles. The number of para-hydroxylation sites is 2. The van der Waals surface area contributed by atoms with Crippen LogP contribution in [0.4, 0.5) is 0 Å². The maximum atomic E-state index is 12.6. The van der Waals surface area contributed by atoms with Gasteiger partial charge in [0.15, 0.2) is 0 Å². The van der Waals surface area contributed by atoms with E-state index in [1.54, 1.807) is 24.3 Å². The number of amides is 1. The SMILES string of the molecule is CCCCCCCCCCCCCCCCn1c(CNC(=O)c2cccc(Cl)c2)nc2ccccc21. The molecule has 2 aromatic carbocycles. The number of hydrogen-bond donors (Lipinski definition) is 1. The third-order valence-electron chi connectivity index (χ3n) is 6.96. The van der Waals surface area contributed by atoms with E-state index in [0.29, 0.717) is 17.1 Å². The molecule has 36 heavy (non-hydrogen) atoms. The van der Waals surface area contributed by atoms with E-state index in [1.165, 1.54) is 83.5 Å². The van der Waals surface area contributed by atoms with Crippen LogP contribution in [-0.4, -0.2) is 15.5 Å². The van der Waals surface area contributed by atoms with E-state index >= 15 is 0 Å². The predicted octanol–water partition coefficient (Wildman–Crippen LogP) is 9.10. The summed E-state index contributed by atoms with van der Waals surface area (Å²) in [6.07, 6.45) is 19.0. The summed E-state index contributed by atoms with van der Waals surface area (Å²) >= 11 is 6.04. The molecule has 0 aliphatic rings. The average molecular weight is 510 g/mol. The molecule has 5 heteroatoms. The zero-order chi connectivity index (χ0) is 25.4. The van der Waals surface area contributed by atoms with E-state index in [4.69, 9.17) is 16.6 Å². The number of hydrogen-bond acceptors (Lipinski definition) is 2. The van der Waals surface area contributed by atoms with Crippen LogP contribution < -0.4 is 5.32 Å². The summed E-state index contributed by atoms with van der Waals surface area (Å²) in [5, 5.41) is 3.58. The van der Waals surface area contributed by atoms with Gasteiger partial charge in [0.05, 0.1) is 17.6 Å². The molecule has 1 N–H and O–H groups in total. The van der Waals surface area contributed by atoms with Crippen LogP contribution in [0.3, 0.4) is 0 Å². The van der Waals surface area contributed by atoms with Crippen LogP contribution in [0.15, 0.2) is 48.5 Å². The molecular weight excluding hydrogens is 466 g/mol. The monoisotopic (exact) mass is 509 g/mol. The molecule has 4 nitrogen and oxygen atoms in total. The molecule has 0 radical (unpaired) electrons. The van der Waals surface area contributed by atoms with Crippen LogP contribution in [0, 0.1) is 0 Å². The van der Waals surface area contributed by atoms with E-state index in [-0.39, 0.29) is 5.91 Å². The molecule has 0 fully saturated rings. The Balaban J connectivity index is 1.36. The highest BCUT2D eigenvalue weighted by molar-refractivity contribution is 6.30. The first kappa shape index (κ1) is 28.2. The summed E-state index contributed by atoms with van der Waals surface area (Å²) in [5.74, 6) is 0.772. The van der Waals surface area contributed by atoms with Gasteiger partial charge in [0.25, 0.3) is 5.91 Å². The molecule has 3 rings (SSSR count). The molecule has 3 aromatic rings. The van der Waals surface area contributed by atoms with Crippen molar-refractivity contribution in [3.8, 4) is 0 Å². The molecule has 196 valence electrons. The largest absolute Gasteiger partial charge is 0.345 e. The van der Waals surface area contributed by atoms with Gasteiger partial charge in [-0.2, -0.15) is 0 Å². The number of imidazole rings is 1. The fourth-order valence-corrected chi connectivity index (χ4v) is 5.06. The fraction of sp³-hybridized carbons (Fsp3) is 0.548. The van der Waals surface area contributed by atoms with Crippen molar-refractivity contribution in [2.75, 3.05) is 0 Å². The van der Waals surface area contributed by atoms with Crippen LogP contribution >= 0.6 is 11.6 Å². The lowest BCUT2D eigenvalue weighted by Crippen LogP contribution is -2.24. The summed E-state index contributed by atoms with van der Waals surface area (Å²) < 4.78 is 2.27. The van der Waals surface area contributed by atoms with Crippen molar-refractivity contribution in [1.29, 1.82) is 0 Å². The number of fused-ring (bicyclic) bond motifs is 1. The number of aromatic nitrogens is 2. The maximum Gasteiger partial charge on any atom is 0.251 e. The van der Waals surface area contributed by atoms with E-state index in [9.17, 15) is 4.79 Å². The Hall–Kier alpha value is -2.33. The van der Waals surface area contributed by atoms with Crippen LogP contribution in [0.5, 0.6) is 0 Å². The second-order valence-corrected chi connectivity index (χ2v) is 10.4. The molecule has 0 unspecified atom stereocenters. The van der Waals surface area contributed by atoms with Gasteiger partial charge in [-0.25, -0.2) is 4.98 Å². The quantitative estimate of drug-likeness (QED) is 0.174. The van der Waals surface area contributed by atoms with Crippen LogP contribution in [0.25, 0.3) is 11.0 Å². The van der Waals surface area contributed by atoms with Crippen molar-refractivity contribution >= 4 is 28.5 Å². The minimum Gasteiger partial charge on any atom is -0.345 e. The highest BCUT2D eigenvalue weighted by Crippen LogP contribution is 2.19. The molecule has 1 heterocycles. The Morgan fingerprint density at radius 1 is 0.806 bits per heavy atom. The molecule has 0 saturated carbocycles. The fourth-order valence-electron chi connectivity index (χ4n) is 4.87. The molecule has 0 bridgehead atoms. The average Bonchev–Trinajstić information content (AvgIpc) is 3.24. The van der Waals surface area contributed by atoms with Crippen molar-refractivity contribution in [2.24, 2.45) is 0 Å². The van der Waals surface area contributed by atoms with Gasteiger partial charge in [0, 0.05) is 17.1 Å². The van der Waals surface area contributed by atoms with Crippen molar-refractivity contribution in [3.05, 3.63) is 64.9 Å². The van der Waals surface area contributed by atoms with Crippen LogP contribution in [0.2, 0.25) is 5.02 Å². The lowest BCUT2D eigenvalue weighted by atomic mass is 10.0. The zero-order valence-electron chi connectivity index (χ0n) is 22.1. The third-order valence-corrected chi connectivity index (χ3v) is 7.20. The number of unbranched alkanes of at least 4 members (excludes halogenated alkanes) is 13. The second-order valence-electron chi connectivity index (χ2n) is 9.96. The van der Waals surface area contributed by atoms with Crippen molar-refractivity contribution in [1.82, 2.24) is 14.9 Å². The first-order chi connectivity index (χ1) is 17.7. The van der Waals surface area contributed by atoms with Crippen LogP contribution in [0.1, 0.15) is 113 Å². The summed E-state index contributed by atoms with van der Waals surface area (Å²) in [6, 6.07) is 15.3. The minimum atomic E-state index is -0.132. The standard InChI is InChI=1S/C31H44ClN3O/c1-2-3-4-5-6-7-8-9-10-11-12-13-14-17-23-35-29-22-16-15-21-28(29)34-30(35)25-33-31(36)26-19-18-20-27(32)24-26/h15-16,18-22,24H,2-14,17,23,25H2,1H3,(H,33,36). The second kappa shape index (κ2) is 16.4. The number of carbonyl (C=O) groups excluding carboxylic acids is 1. The highest BCUT2D eigenvalue weighted by Gasteiger charge is 2.12. The van der Waals surface area contributed by atoms with E-state index in [1.807, 2.05) is 12.1 Å². The predicted molar refractivity (Wildman–Crippen MR) is 153 cm³/mol. The number of nitrogens with one attached hydrogen (secondary N) is 1. The van der Waals surface area contributed by atoms with Gasteiger partial charge < -0.3 is 9.88 Å². The topological polar surface area (TPSA) is 46.9 Å². The Labute approximate surface area is 222 Å². The van der Waals surface area contributed by atoms with E-state index in [0.717, 1.165) is 29.8 Å². The molecule has 0 atom stereocenters. The van der Waals surface area contributed by atoms with Gasteiger partial charge >= 0.3 is 0 Å². The number of aryl methyl sites for hydroxylation is 1. The van der Waals surface area contributed by atoms with Gasteiger partial charge in [0.1, 0.15) is 5.82 Å². The number of carbonyl (C=O) groups is 1. The van der Waals surface area contributed by atoms with Gasteiger partial charge in [-0.15, -0.1) is 0 Å². The zero-order valence-corrected chi connectivity index (χ0v) is 22.9. The molecule has 1 aromatic heterocycles.